The van der Waals surface area contributed by atoms with E-state index in [1.165, 1.54) is 12.1 Å². The summed E-state index contributed by atoms with van der Waals surface area (Å²) in [5, 5.41) is 0. The number of ether oxygens (including phenoxy) is 1. The summed E-state index contributed by atoms with van der Waals surface area (Å²) in [7, 11) is 0. The average molecular weight is 338 g/mol. The Bertz CT molecular complexity index is 601. The first-order valence-electron chi connectivity index (χ1n) is 6.46. The lowest BCUT2D eigenvalue weighted by Crippen LogP contribution is -2.03. The summed E-state index contributed by atoms with van der Waals surface area (Å²) in [5.41, 5.74) is 8.56. The molecule has 0 amide bonds. The third-order valence-corrected chi connectivity index (χ3v) is 3.74. The lowest BCUT2D eigenvalue weighted by atomic mass is 10.1. The SMILES string of the molecule is Cc1ccc(F)cc1COc1ccc(CCN)cc1Br. The third kappa shape index (κ3) is 3.81. The van der Waals surface area contributed by atoms with Gasteiger partial charge in [-0.15, -0.1) is 0 Å². The molecule has 0 bridgehead atoms. The molecule has 2 aromatic carbocycles. The van der Waals surface area contributed by atoms with Gasteiger partial charge in [0.25, 0.3) is 0 Å². The molecule has 4 heteroatoms. The Balaban J connectivity index is 2.09. The Morgan fingerprint density at radius 3 is 2.70 bits per heavy atom. The molecule has 0 radical (unpaired) electrons. The molecule has 2 N–H and O–H groups in total. The van der Waals surface area contributed by atoms with E-state index in [-0.39, 0.29) is 5.82 Å². The fourth-order valence-electron chi connectivity index (χ4n) is 1.93. The van der Waals surface area contributed by atoms with Gasteiger partial charge in [0, 0.05) is 0 Å². The minimum Gasteiger partial charge on any atom is -0.488 e. The molecule has 2 aromatic rings. The maximum absolute atomic E-state index is 13.2. The van der Waals surface area contributed by atoms with Crippen LogP contribution in [-0.4, -0.2) is 6.54 Å². The van der Waals surface area contributed by atoms with Gasteiger partial charge in [0.05, 0.1) is 4.47 Å². The Kier molecular flexibility index (Phi) is 5.15. The highest BCUT2D eigenvalue weighted by molar-refractivity contribution is 9.10. The molecule has 0 heterocycles. The molecule has 0 atom stereocenters. The topological polar surface area (TPSA) is 35.2 Å². The molecule has 20 heavy (non-hydrogen) atoms. The van der Waals surface area contributed by atoms with Gasteiger partial charge in [0.1, 0.15) is 18.2 Å². The molecule has 0 saturated heterocycles. The smallest absolute Gasteiger partial charge is 0.134 e. The normalized spacial score (nSPS) is 10.6. The number of benzene rings is 2. The van der Waals surface area contributed by atoms with E-state index < -0.39 is 0 Å². The summed E-state index contributed by atoms with van der Waals surface area (Å²) >= 11 is 3.48. The molecule has 0 spiro atoms. The van der Waals surface area contributed by atoms with Gasteiger partial charge in [-0.2, -0.15) is 0 Å². The highest BCUT2D eigenvalue weighted by Gasteiger charge is 2.05. The number of rotatable bonds is 5. The number of hydrogen-bond donors (Lipinski definition) is 1. The minimum atomic E-state index is -0.244. The minimum absolute atomic E-state index is 0.244. The Morgan fingerprint density at radius 2 is 2.00 bits per heavy atom. The van der Waals surface area contributed by atoms with Crippen LogP contribution in [0.1, 0.15) is 16.7 Å². The Morgan fingerprint density at radius 1 is 1.20 bits per heavy atom. The van der Waals surface area contributed by atoms with Crippen molar-refractivity contribution in [3.8, 4) is 5.75 Å². The second kappa shape index (κ2) is 6.86. The Hall–Kier alpha value is -1.39. The largest absolute Gasteiger partial charge is 0.488 e. The van der Waals surface area contributed by atoms with Gasteiger partial charge in [-0.1, -0.05) is 12.1 Å². The molecule has 2 nitrogen and oxygen atoms in total. The highest BCUT2D eigenvalue weighted by Crippen LogP contribution is 2.27. The van der Waals surface area contributed by atoms with Crippen molar-refractivity contribution < 1.29 is 9.13 Å². The summed E-state index contributed by atoms with van der Waals surface area (Å²) in [6.45, 7) is 2.91. The first-order valence-corrected chi connectivity index (χ1v) is 7.26. The van der Waals surface area contributed by atoms with Crippen molar-refractivity contribution in [1.29, 1.82) is 0 Å². The van der Waals surface area contributed by atoms with E-state index in [2.05, 4.69) is 15.9 Å². The molecule has 0 saturated carbocycles. The van der Waals surface area contributed by atoms with Crippen LogP contribution >= 0.6 is 15.9 Å². The number of halogens is 2. The summed E-state index contributed by atoms with van der Waals surface area (Å²) in [5.74, 6) is 0.501. The van der Waals surface area contributed by atoms with Gasteiger partial charge < -0.3 is 10.5 Å². The predicted octanol–water partition coefficient (Wildman–Crippen LogP) is 3.98. The number of aryl methyl sites for hydroxylation is 1. The molecule has 2 rings (SSSR count). The van der Waals surface area contributed by atoms with Crippen LogP contribution in [0.4, 0.5) is 4.39 Å². The van der Waals surface area contributed by atoms with Crippen molar-refractivity contribution in [2.24, 2.45) is 5.73 Å². The molecular formula is C16H17BrFNO. The van der Waals surface area contributed by atoms with Crippen LogP contribution in [0.25, 0.3) is 0 Å². The van der Waals surface area contributed by atoms with Crippen LogP contribution < -0.4 is 10.5 Å². The van der Waals surface area contributed by atoms with Crippen molar-refractivity contribution in [2.45, 2.75) is 20.0 Å². The van der Waals surface area contributed by atoms with Gasteiger partial charge in [-0.3, -0.25) is 0 Å². The van der Waals surface area contributed by atoms with Crippen molar-refractivity contribution in [2.75, 3.05) is 6.54 Å². The van der Waals surface area contributed by atoms with E-state index in [0.717, 1.165) is 33.3 Å². The molecule has 106 valence electrons. The zero-order valence-electron chi connectivity index (χ0n) is 11.3. The van der Waals surface area contributed by atoms with Crippen molar-refractivity contribution >= 4 is 15.9 Å². The van der Waals surface area contributed by atoms with Crippen LogP contribution in [0, 0.1) is 12.7 Å². The van der Waals surface area contributed by atoms with E-state index in [0.29, 0.717) is 13.2 Å². The maximum atomic E-state index is 13.2. The van der Waals surface area contributed by atoms with Gasteiger partial charge in [0.15, 0.2) is 0 Å². The first kappa shape index (κ1) is 15.0. The monoisotopic (exact) mass is 337 g/mol. The average Bonchev–Trinajstić information content (AvgIpc) is 2.42. The predicted molar refractivity (Wildman–Crippen MR) is 82.4 cm³/mol. The Labute approximate surface area is 126 Å². The van der Waals surface area contributed by atoms with Crippen molar-refractivity contribution in [3.05, 3.63) is 63.4 Å². The fourth-order valence-corrected chi connectivity index (χ4v) is 2.48. The molecule has 0 aromatic heterocycles. The lowest BCUT2D eigenvalue weighted by molar-refractivity contribution is 0.302. The van der Waals surface area contributed by atoms with Gasteiger partial charge in [-0.05, 0) is 76.8 Å². The summed E-state index contributed by atoms with van der Waals surface area (Å²) in [6, 6.07) is 10.6. The van der Waals surface area contributed by atoms with Crippen LogP contribution in [0.5, 0.6) is 5.75 Å². The van der Waals surface area contributed by atoms with Gasteiger partial charge in [-0.25, -0.2) is 4.39 Å². The fraction of sp³-hybridized carbons (Fsp3) is 0.250. The highest BCUT2D eigenvalue weighted by atomic mass is 79.9. The molecule has 0 aliphatic carbocycles. The number of nitrogens with two attached hydrogens (primary N) is 1. The third-order valence-electron chi connectivity index (χ3n) is 3.12. The second-order valence-electron chi connectivity index (χ2n) is 4.66. The van der Waals surface area contributed by atoms with Crippen molar-refractivity contribution in [1.82, 2.24) is 0 Å². The zero-order valence-corrected chi connectivity index (χ0v) is 12.9. The van der Waals surface area contributed by atoms with Crippen LogP contribution in [0.3, 0.4) is 0 Å². The summed E-state index contributed by atoms with van der Waals surface area (Å²) in [6.07, 6.45) is 0.835. The van der Waals surface area contributed by atoms with E-state index in [1.807, 2.05) is 25.1 Å². The molecule has 0 fully saturated rings. The van der Waals surface area contributed by atoms with E-state index >= 15 is 0 Å². The summed E-state index contributed by atoms with van der Waals surface area (Å²) in [4.78, 5) is 0. The van der Waals surface area contributed by atoms with E-state index in [1.54, 1.807) is 6.07 Å². The van der Waals surface area contributed by atoms with Gasteiger partial charge in [0.2, 0.25) is 0 Å². The molecule has 0 unspecified atom stereocenters. The molecule has 0 aliphatic rings. The zero-order chi connectivity index (χ0) is 14.5. The number of hydrogen-bond acceptors (Lipinski definition) is 2. The standard InChI is InChI=1S/C16H17BrFNO/c1-11-2-4-14(18)9-13(11)10-20-16-5-3-12(6-7-19)8-15(16)17/h2-5,8-9H,6-7,10,19H2,1H3. The summed E-state index contributed by atoms with van der Waals surface area (Å²) < 4.78 is 19.8. The van der Waals surface area contributed by atoms with Crippen LogP contribution in [0.2, 0.25) is 0 Å². The maximum Gasteiger partial charge on any atom is 0.134 e. The van der Waals surface area contributed by atoms with E-state index in [9.17, 15) is 4.39 Å². The van der Waals surface area contributed by atoms with E-state index in [4.69, 9.17) is 10.5 Å². The molecular weight excluding hydrogens is 321 g/mol. The first-order chi connectivity index (χ1) is 9.60. The van der Waals surface area contributed by atoms with Crippen LogP contribution in [0.15, 0.2) is 40.9 Å². The van der Waals surface area contributed by atoms with Crippen molar-refractivity contribution in [3.63, 3.8) is 0 Å². The molecule has 0 aliphatic heterocycles. The lowest BCUT2D eigenvalue weighted by Gasteiger charge is -2.11. The quantitative estimate of drug-likeness (QED) is 0.895. The second-order valence-corrected chi connectivity index (χ2v) is 5.52. The van der Waals surface area contributed by atoms with Gasteiger partial charge >= 0.3 is 0 Å². The van der Waals surface area contributed by atoms with Crippen LogP contribution in [-0.2, 0) is 13.0 Å².